The zero-order valence-corrected chi connectivity index (χ0v) is 19.1. The van der Waals surface area contributed by atoms with Crippen LogP contribution in [-0.4, -0.2) is 35.4 Å². The molecule has 30 heavy (non-hydrogen) atoms. The minimum absolute atomic E-state index is 0.0949. The maximum absolute atomic E-state index is 12.9. The van der Waals surface area contributed by atoms with Gasteiger partial charge in [-0.3, -0.25) is 9.59 Å². The normalized spacial score (nSPS) is 36.5. The lowest BCUT2D eigenvalue weighted by Gasteiger charge is -2.44. The molecule has 3 rings (SSSR count). The minimum atomic E-state index is -0.601. The van der Waals surface area contributed by atoms with E-state index in [2.05, 4.69) is 32.1 Å². The zero-order valence-electron chi connectivity index (χ0n) is 19.1. The predicted octanol–water partition coefficient (Wildman–Crippen LogP) is 4.59. The highest BCUT2D eigenvalue weighted by Crippen LogP contribution is 2.45. The Labute approximate surface area is 180 Å². The van der Waals surface area contributed by atoms with E-state index < -0.39 is 11.5 Å². The molecule has 1 N–H and O–H groups in total. The molecule has 168 valence electrons. The molecule has 3 unspecified atom stereocenters. The number of allylic oxidation sites excluding steroid dienone is 3. The number of aliphatic hydroxyl groups excluding tert-OH is 1. The fourth-order valence-electron chi connectivity index (χ4n) is 5.08. The molecule has 1 heterocycles. The Morgan fingerprint density at radius 1 is 1.27 bits per heavy atom. The summed E-state index contributed by atoms with van der Waals surface area (Å²) in [6.45, 7) is 10.3. The molecule has 5 heteroatoms. The minimum Gasteiger partial charge on any atom is -0.462 e. The number of carbonyl (C=O) groups is 2. The lowest BCUT2D eigenvalue weighted by atomic mass is 9.65. The summed E-state index contributed by atoms with van der Waals surface area (Å²) in [6, 6.07) is 0. The number of hydrogen-bond acceptors (Lipinski definition) is 5. The van der Waals surface area contributed by atoms with Crippen molar-refractivity contribution >= 4 is 11.9 Å². The first-order chi connectivity index (χ1) is 14.1. The van der Waals surface area contributed by atoms with Crippen LogP contribution in [0.3, 0.4) is 0 Å². The van der Waals surface area contributed by atoms with Crippen LogP contribution in [0.5, 0.6) is 0 Å². The van der Waals surface area contributed by atoms with Gasteiger partial charge in [0.2, 0.25) is 0 Å². The van der Waals surface area contributed by atoms with Gasteiger partial charge in [-0.2, -0.15) is 0 Å². The van der Waals surface area contributed by atoms with Gasteiger partial charge in [-0.05, 0) is 62.9 Å². The van der Waals surface area contributed by atoms with Crippen LogP contribution in [0.4, 0.5) is 0 Å². The molecular weight excluding hydrogens is 380 g/mol. The first kappa shape index (κ1) is 23.1. The van der Waals surface area contributed by atoms with E-state index in [1.54, 1.807) is 0 Å². The second-order valence-corrected chi connectivity index (χ2v) is 10.3. The fraction of sp³-hybridized carbons (Fsp3) is 0.760. The standard InChI is InChI=1S/C25H38O5/c1-6-25(4,5)24(28)30-21-12-15(2)11-17-8-7-16(3)20(23(17)21)10-9-19-13-18(26)14-22(27)29-19/h7-8,11,15-16,18-21,23,26H,6,9-10,12-14H2,1-5H3/t15-,16-,18?,19?,20-,21-,23?/m0/s1. The quantitative estimate of drug-likeness (QED) is 0.639. The Morgan fingerprint density at radius 3 is 2.67 bits per heavy atom. The number of esters is 2. The van der Waals surface area contributed by atoms with Gasteiger partial charge in [-0.1, -0.05) is 39.0 Å². The summed E-state index contributed by atoms with van der Waals surface area (Å²) in [7, 11) is 0. The molecule has 3 aliphatic rings. The Bertz CT molecular complexity index is 706. The van der Waals surface area contributed by atoms with E-state index in [1.807, 2.05) is 20.8 Å². The van der Waals surface area contributed by atoms with E-state index in [-0.39, 0.29) is 36.5 Å². The summed E-state index contributed by atoms with van der Waals surface area (Å²) >= 11 is 0. The third kappa shape index (κ3) is 5.16. The summed E-state index contributed by atoms with van der Waals surface area (Å²) < 4.78 is 11.6. The molecule has 0 aromatic heterocycles. The highest BCUT2D eigenvalue weighted by molar-refractivity contribution is 5.76. The van der Waals surface area contributed by atoms with Gasteiger partial charge in [0.15, 0.2) is 0 Å². The average molecular weight is 419 g/mol. The number of hydrogen-bond donors (Lipinski definition) is 1. The van der Waals surface area contributed by atoms with Gasteiger partial charge >= 0.3 is 11.9 Å². The van der Waals surface area contributed by atoms with Gasteiger partial charge in [0.25, 0.3) is 0 Å². The highest BCUT2D eigenvalue weighted by atomic mass is 16.6. The van der Waals surface area contributed by atoms with Crippen LogP contribution in [0.1, 0.15) is 73.1 Å². The van der Waals surface area contributed by atoms with Crippen molar-refractivity contribution in [1.29, 1.82) is 0 Å². The van der Waals surface area contributed by atoms with Gasteiger partial charge in [0, 0.05) is 12.3 Å². The number of aliphatic hydroxyl groups is 1. The van der Waals surface area contributed by atoms with Crippen molar-refractivity contribution in [3.05, 3.63) is 23.8 Å². The van der Waals surface area contributed by atoms with Gasteiger partial charge in [-0.15, -0.1) is 0 Å². The van der Waals surface area contributed by atoms with E-state index >= 15 is 0 Å². The van der Waals surface area contributed by atoms with Crippen molar-refractivity contribution in [1.82, 2.24) is 0 Å². The molecule has 0 aromatic rings. The van der Waals surface area contributed by atoms with Crippen LogP contribution in [-0.2, 0) is 19.1 Å². The third-order valence-corrected chi connectivity index (χ3v) is 7.35. The van der Waals surface area contributed by atoms with E-state index in [0.717, 1.165) is 25.7 Å². The number of rotatable bonds is 6. The van der Waals surface area contributed by atoms with Crippen LogP contribution in [0, 0.1) is 29.1 Å². The zero-order chi connectivity index (χ0) is 22.1. The van der Waals surface area contributed by atoms with Crippen LogP contribution < -0.4 is 0 Å². The molecule has 0 aromatic carbocycles. The van der Waals surface area contributed by atoms with Crippen molar-refractivity contribution in [3.63, 3.8) is 0 Å². The van der Waals surface area contributed by atoms with Crippen molar-refractivity contribution in [3.8, 4) is 0 Å². The molecule has 7 atom stereocenters. The molecule has 5 nitrogen and oxygen atoms in total. The predicted molar refractivity (Wildman–Crippen MR) is 115 cm³/mol. The van der Waals surface area contributed by atoms with E-state index in [1.165, 1.54) is 5.57 Å². The topological polar surface area (TPSA) is 72.8 Å². The Balaban J connectivity index is 1.76. The molecule has 0 amide bonds. The summed E-state index contributed by atoms with van der Waals surface area (Å²) in [5.41, 5.74) is 0.785. The maximum atomic E-state index is 12.9. The first-order valence-electron chi connectivity index (χ1n) is 11.6. The molecular formula is C25H38O5. The molecule has 2 aliphatic carbocycles. The third-order valence-electron chi connectivity index (χ3n) is 7.35. The van der Waals surface area contributed by atoms with Crippen molar-refractivity contribution in [2.24, 2.45) is 29.1 Å². The van der Waals surface area contributed by atoms with Gasteiger partial charge in [0.05, 0.1) is 17.9 Å². The van der Waals surface area contributed by atoms with Crippen molar-refractivity contribution in [2.75, 3.05) is 0 Å². The summed E-state index contributed by atoms with van der Waals surface area (Å²) in [6.07, 6.45) is 9.61. The van der Waals surface area contributed by atoms with Gasteiger partial charge in [-0.25, -0.2) is 0 Å². The van der Waals surface area contributed by atoms with Crippen molar-refractivity contribution in [2.45, 2.75) is 91.5 Å². The van der Waals surface area contributed by atoms with Gasteiger partial charge < -0.3 is 14.6 Å². The fourth-order valence-corrected chi connectivity index (χ4v) is 5.08. The van der Waals surface area contributed by atoms with Crippen molar-refractivity contribution < 1.29 is 24.2 Å². The number of ether oxygens (including phenoxy) is 2. The number of carbonyl (C=O) groups excluding carboxylic acids is 2. The second kappa shape index (κ2) is 9.25. The molecule has 1 fully saturated rings. The molecule has 0 spiro atoms. The monoisotopic (exact) mass is 418 g/mol. The largest absolute Gasteiger partial charge is 0.462 e. The Morgan fingerprint density at radius 2 is 2.00 bits per heavy atom. The van der Waals surface area contributed by atoms with Crippen LogP contribution in [0.2, 0.25) is 0 Å². The molecule has 0 bridgehead atoms. The summed E-state index contributed by atoms with van der Waals surface area (Å²) in [5.74, 6) is 0.776. The Hall–Kier alpha value is -1.62. The Kier molecular flexibility index (Phi) is 7.11. The van der Waals surface area contributed by atoms with Crippen LogP contribution in [0.25, 0.3) is 0 Å². The molecule has 0 saturated carbocycles. The first-order valence-corrected chi connectivity index (χ1v) is 11.6. The van der Waals surface area contributed by atoms with Crippen LogP contribution in [0.15, 0.2) is 23.8 Å². The van der Waals surface area contributed by atoms with Crippen LogP contribution >= 0.6 is 0 Å². The van der Waals surface area contributed by atoms with E-state index in [0.29, 0.717) is 24.2 Å². The van der Waals surface area contributed by atoms with E-state index in [4.69, 9.17) is 9.47 Å². The molecule has 0 radical (unpaired) electrons. The van der Waals surface area contributed by atoms with Gasteiger partial charge in [0.1, 0.15) is 12.2 Å². The lowest BCUT2D eigenvalue weighted by molar-refractivity contribution is -0.166. The second-order valence-electron chi connectivity index (χ2n) is 10.3. The number of fused-ring (bicyclic) bond motifs is 1. The summed E-state index contributed by atoms with van der Waals surface area (Å²) in [4.78, 5) is 24.6. The maximum Gasteiger partial charge on any atom is 0.311 e. The SMILES string of the molecule is CCC(C)(C)C(=O)O[C@H]1C[C@@H](C)C=C2C=C[C@H](C)[C@H](CCC3CC(O)CC(=O)O3)C21. The molecule has 1 aliphatic heterocycles. The lowest BCUT2D eigenvalue weighted by Crippen LogP contribution is -2.43. The average Bonchev–Trinajstić information content (AvgIpc) is 2.66. The highest BCUT2D eigenvalue weighted by Gasteiger charge is 2.43. The molecule has 1 saturated heterocycles. The summed E-state index contributed by atoms with van der Waals surface area (Å²) in [5, 5.41) is 9.92. The smallest absolute Gasteiger partial charge is 0.311 e. The number of cyclic esters (lactones) is 1. The van der Waals surface area contributed by atoms with E-state index in [9.17, 15) is 14.7 Å².